The highest BCUT2D eigenvalue weighted by atomic mass is 15.0. The van der Waals surface area contributed by atoms with Gasteiger partial charge in [0.25, 0.3) is 0 Å². The second-order valence-corrected chi connectivity index (χ2v) is 12.5. The van der Waals surface area contributed by atoms with Crippen molar-refractivity contribution in [3.05, 3.63) is 194 Å². The summed E-state index contributed by atoms with van der Waals surface area (Å²) in [5, 5.41) is 5.20. The molecule has 1 aliphatic carbocycles. The molecule has 2 heterocycles. The van der Waals surface area contributed by atoms with Gasteiger partial charge < -0.3 is 9.13 Å². The molecular weight excluding hydrogens is 629 g/mol. The van der Waals surface area contributed by atoms with Crippen molar-refractivity contribution in [3.8, 4) is 11.4 Å². The lowest BCUT2D eigenvalue weighted by atomic mass is 9.89. The third-order valence-electron chi connectivity index (χ3n) is 9.26. The number of fused-ring (bicyclic) bond motifs is 6. The molecule has 0 bridgehead atoms. The van der Waals surface area contributed by atoms with Gasteiger partial charge in [-0.3, -0.25) is 0 Å². The van der Waals surface area contributed by atoms with Gasteiger partial charge in [-0.2, -0.15) is 0 Å². The maximum atomic E-state index is 3.36. The van der Waals surface area contributed by atoms with Crippen LogP contribution in [-0.4, -0.2) is 9.13 Å². The van der Waals surface area contributed by atoms with Crippen LogP contribution in [-0.2, 0) is 0 Å². The molecule has 0 saturated carbocycles. The van der Waals surface area contributed by atoms with Crippen LogP contribution in [0.2, 0.25) is 0 Å². The van der Waals surface area contributed by atoms with Crippen molar-refractivity contribution < 1.29 is 0 Å². The smallest absolute Gasteiger partial charge is 0.0541 e. The zero-order valence-corrected chi connectivity index (χ0v) is 30.9. The molecule has 8 aromatic rings. The Morgan fingerprint density at radius 1 is 0.423 bits per heavy atom. The van der Waals surface area contributed by atoms with Crippen molar-refractivity contribution in [2.24, 2.45) is 0 Å². The van der Waals surface area contributed by atoms with E-state index in [2.05, 4.69) is 180 Å². The predicted molar refractivity (Wildman–Crippen MR) is 230 cm³/mol. The molecule has 0 unspecified atom stereocenters. The van der Waals surface area contributed by atoms with Gasteiger partial charge in [-0.25, -0.2) is 0 Å². The minimum atomic E-state index is 1.03. The molecule has 2 nitrogen and oxygen atoms in total. The van der Waals surface area contributed by atoms with Crippen LogP contribution in [0.3, 0.4) is 0 Å². The van der Waals surface area contributed by atoms with E-state index >= 15 is 0 Å². The number of rotatable bonds is 4. The Bertz CT molecular complexity index is 2340. The largest absolute Gasteiger partial charge is 0.309 e. The summed E-state index contributed by atoms with van der Waals surface area (Å²) in [6, 6.07) is 52.9. The van der Waals surface area contributed by atoms with Gasteiger partial charge in [0.15, 0.2) is 0 Å². The summed E-state index contributed by atoms with van der Waals surface area (Å²) >= 11 is 0. The predicted octanol–water partition coefficient (Wildman–Crippen LogP) is 14.6. The van der Waals surface area contributed by atoms with Gasteiger partial charge >= 0.3 is 0 Å². The van der Waals surface area contributed by atoms with E-state index in [9.17, 15) is 0 Å². The summed E-state index contributed by atoms with van der Waals surface area (Å²) in [7, 11) is 0. The Labute approximate surface area is 309 Å². The van der Waals surface area contributed by atoms with E-state index in [1.807, 2.05) is 27.7 Å². The number of allylic oxidation sites excluding steroid dienone is 6. The lowest BCUT2D eigenvalue weighted by Crippen LogP contribution is -1.96. The number of hydrogen-bond acceptors (Lipinski definition) is 0. The van der Waals surface area contributed by atoms with Gasteiger partial charge in [0, 0.05) is 32.9 Å². The van der Waals surface area contributed by atoms with Crippen LogP contribution in [0, 0.1) is 0 Å². The van der Waals surface area contributed by atoms with Crippen LogP contribution in [0.25, 0.3) is 66.1 Å². The van der Waals surface area contributed by atoms with Crippen LogP contribution in [0.15, 0.2) is 183 Å². The van der Waals surface area contributed by atoms with Crippen molar-refractivity contribution in [2.45, 2.75) is 40.5 Å². The van der Waals surface area contributed by atoms with E-state index in [0.29, 0.717) is 0 Å². The van der Waals surface area contributed by atoms with Gasteiger partial charge in [0.05, 0.1) is 22.1 Å². The van der Waals surface area contributed by atoms with Crippen molar-refractivity contribution in [1.29, 1.82) is 0 Å². The zero-order valence-electron chi connectivity index (χ0n) is 30.9. The van der Waals surface area contributed by atoms with Gasteiger partial charge in [-0.1, -0.05) is 123 Å². The maximum absolute atomic E-state index is 3.36. The number of benzene rings is 6. The van der Waals surface area contributed by atoms with E-state index in [4.69, 9.17) is 0 Å². The lowest BCUT2D eigenvalue weighted by molar-refractivity contribution is 1.07. The lowest BCUT2D eigenvalue weighted by Gasteiger charge is -2.16. The molecule has 52 heavy (non-hydrogen) atoms. The van der Waals surface area contributed by atoms with Crippen LogP contribution in [0.4, 0.5) is 0 Å². The third kappa shape index (κ3) is 6.93. The average molecular weight is 677 g/mol. The fourth-order valence-corrected chi connectivity index (χ4v) is 7.17. The van der Waals surface area contributed by atoms with Gasteiger partial charge in [0.2, 0.25) is 0 Å². The fraction of sp³-hybridized carbons (Fsp3) is 0.120. The topological polar surface area (TPSA) is 9.86 Å². The Hall–Kier alpha value is -6.12. The molecule has 6 aromatic carbocycles. The normalized spacial score (nSPS) is 12.1. The molecule has 0 amide bonds. The van der Waals surface area contributed by atoms with Crippen LogP contribution in [0.5, 0.6) is 0 Å². The van der Waals surface area contributed by atoms with E-state index in [1.165, 1.54) is 77.3 Å². The third-order valence-corrected chi connectivity index (χ3v) is 9.26. The van der Waals surface area contributed by atoms with Crippen molar-refractivity contribution in [1.82, 2.24) is 9.13 Å². The zero-order chi connectivity index (χ0) is 36.5. The molecule has 0 radical (unpaired) electrons. The van der Waals surface area contributed by atoms with Gasteiger partial charge in [-0.05, 0) is 110 Å². The van der Waals surface area contributed by atoms with E-state index in [0.717, 1.165) is 12.8 Å². The molecule has 0 N–H and O–H groups in total. The van der Waals surface area contributed by atoms with Crippen molar-refractivity contribution >= 4 is 54.8 Å². The summed E-state index contributed by atoms with van der Waals surface area (Å²) in [6.45, 7) is 14.5. The van der Waals surface area contributed by atoms with Crippen molar-refractivity contribution in [3.63, 3.8) is 0 Å². The minimum absolute atomic E-state index is 1.03. The van der Waals surface area contributed by atoms with Gasteiger partial charge in [-0.15, -0.1) is 13.2 Å². The first-order valence-electron chi connectivity index (χ1n) is 18.4. The van der Waals surface area contributed by atoms with E-state index < -0.39 is 0 Å². The van der Waals surface area contributed by atoms with Crippen LogP contribution in [0.1, 0.15) is 51.7 Å². The summed E-state index contributed by atoms with van der Waals surface area (Å²) in [5.74, 6) is 0. The van der Waals surface area contributed by atoms with Gasteiger partial charge in [0.1, 0.15) is 0 Å². The molecular formula is C50H48N2. The molecule has 0 saturated heterocycles. The number of nitrogens with zero attached hydrogens (tertiary/aromatic N) is 2. The number of aromatic nitrogens is 2. The quantitative estimate of drug-likeness (QED) is 0.164. The summed E-state index contributed by atoms with van der Waals surface area (Å²) in [5.41, 5.74) is 12.8. The summed E-state index contributed by atoms with van der Waals surface area (Å²) < 4.78 is 4.76. The number of hydrogen-bond donors (Lipinski definition) is 0. The second-order valence-electron chi connectivity index (χ2n) is 12.5. The molecule has 2 aromatic heterocycles. The van der Waals surface area contributed by atoms with Crippen LogP contribution >= 0.6 is 0 Å². The monoisotopic (exact) mass is 676 g/mol. The highest BCUT2D eigenvalue weighted by molar-refractivity contribution is 6.11. The minimum Gasteiger partial charge on any atom is -0.309 e. The Morgan fingerprint density at radius 2 is 0.750 bits per heavy atom. The molecule has 0 spiro atoms. The summed E-state index contributed by atoms with van der Waals surface area (Å²) in [4.78, 5) is 0. The number of para-hydroxylation sites is 4. The molecule has 0 fully saturated rings. The first kappa shape index (κ1) is 35.7. The van der Waals surface area contributed by atoms with E-state index in [1.54, 1.807) is 12.2 Å². The molecule has 1 aliphatic rings. The molecule has 9 rings (SSSR count). The first-order valence-corrected chi connectivity index (χ1v) is 18.4. The molecule has 0 aliphatic heterocycles. The molecule has 258 valence electrons. The summed E-state index contributed by atoms with van der Waals surface area (Å²) in [6.07, 6.45) is 10.2. The Balaban J connectivity index is 0.000000538. The maximum Gasteiger partial charge on any atom is 0.0541 e. The highest BCUT2D eigenvalue weighted by Gasteiger charge is 2.17. The average Bonchev–Trinajstić information content (AvgIpc) is 3.72. The van der Waals surface area contributed by atoms with E-state index in [-0.39, 0.29) is 0 Å². The standard InChI is InChI=1S/C42H30N2.2C3H6.C2H6/c1-3-11-33(12-4-1)43-39-17-9-7-15-35(39)37-27-31(23-25-41(37)43)29-19-21-30(22-20-29)32-24-26-42-38(28-32)36-16-8-10-18-40(36)44(42)34-13-5-2-6-14-34;2*1-3-2;1-2/h1-19,21,23-28H,20,22H2;2*3H,1H2,2H3;1-2H3. The Kier molecular flexibility index (Phi) is 11.5. The first-order chi connectivity index (χ1) is 25.7. The molecule has 2 heteroatoms. The SMILES string of the molecule is C1=C(c2ccc3c(c2)c2ccccc2n3-c2ccccc2)CCC(c2ccc3c(c2)c2ccccc2n3-c2ccccc2)=C1.C=CC.C=CC.CC. The molecule has 0 atom stereocenters. The highest BCUT2D eigenvalue weighted by Crippen LogP contribution is 2.39. The second kappa shape index (κ2) is 16.7. The van der Waals surface area contributed by atoms with Crippen LogP contribution < -0.4 is 0 Å². The van der Waals surface area contributed by atoms with Crippen molar-refractivity contribution in [2.75, 3.05) is 0 Å². The Morgan fingerprint density at radius 3 is 1.12 bits per heavy atom. The fourth-order valence-electron chi connectivity index (χ4n) is 7.17.